The number of rotatable bonds is 3. The molecule has 0 saturated carbocycles. The van der Waals surface area contributed by atoms with E-state index in [4.69, 9.17) is 34.7 Å². The summed E-state index contributed by atoms with van der Waals surface area (Å²) in [6, 6.07) is 8.01. The predicted octanol–water partition coefficient (Wildman–Crippen LogP) is 1.35. The number of carbonyl (C=O) groups excluding carboxylic acids is 1. The molecule has 1 atom stereocenters. The van der Waals surface area contributed by atoms with Crippen LogP contribution in [-0.4, -0.2) is 10.2 Å². The number of carbonyl (C=O) groups is 1. The Morgan fingerprint density at radius 3 is 2.21 bits per heavy atom. The van der Waals surface area contributed by atoms with Crippen molar-refractivity contribution >= 4 is 29.1 Å². The molecule has 1 unspecified atom stereocenters. The quantitative estimate of drug-likeness (QED) is 0.773. The summed E-state index contributed by atoms with van der Waals surface area (Å²) in [5.41, 5.74) is 11.4. The highest BCUT2D eigenvalue weighted by atomic mass is 35.5. The van der Waals surface area contributed by atoms with E-state index in [-0.39, 0.29) is 0 Å². The first-order valence-electron chi connectivity index (χ1n) is 3.94. The van der Waals surface area contributed by atoms with Crippen LogP contribution in [0.15, 0.2) is 30.3 Å². The molecule has 1 aromatic rings. The highest BCUT2D eigenvalue weighted by Gasteiger charge is 2.39. The van der Waals surface area contributed by atoms with Crippen LogP contribution in [0.1, 0.15) is 11.6 Å². The topological polar surface area (TPSA) is 69.1 Å². The smallest absolute Gasteiger partial charge is 0.255 e. The minimum atomic E-state index is -1.78. The maximum atomic E-state index is 10.9. The Morgan fingerprint density at radius 2 is 1.79 bits per heavy atom. The Hall–Kier alpha value is -0.770. The van der Waals surface area contributed by atoms with Gasteiger partial charge in [-0.15, -0.1) is 0 Å². The number of hydrogen-bond acceptors (Lipinski definition) is 2. The Bertz CT molecular complexity index is 327. The van der Waals surface area contributed by atoms with Crippen molar-refractivity contribution in [3.63, 3.8) is 0 Å². The Balaban J connectivity index is 2.96. The van der Waals surface area contributed by atoms with Crippen LogP contribution in [0.3, 0.4) is 0 Å². The summed E-state index contributed by atoms with van der Waals surface area (Å²) in [5, 5.41) is 0. The third-order valence-electron chi connectivity index (χ3n) is 1.88. The van der Waals surface area contributed by atoms with E-state index >= 15 is 0 Å². The normalized spacial score (nSPS) is 13.6. The molecule has 1 rings (SSSR count). The summed E-state index contributed by atoms with van der Waals surface area (Å²) in [5.74, 6) is -0.850. The van der Waals surface area contributed by atoms with Crippen molar-refractivity contribution in [1.29, 1.82) is 0 Å². The van der Waals surface area contributed by atoms with E-state index in [0.717, 1.165) is 0 Å². The van der Waals surface area contributed by atoms with Crippen molar-refractivity contribution in [2.45, 2.75) is 10.4 Å². The monoisotopic (exact) mass is 232 g/mol. The van der Waals surface area contributed by atoms with Gasteiger partial charge in [-0.3, -0.25) is 4.79 Å². The average Bonchev–Trinajstić information content (AvgIpc) is 2.17. The van der Waals surface area contributed by atoms with E-state index in [1.165, 1.54) is 0 Å². The van der Waals surface area contributed by atoms with Gasteiger partial charge in [-0.2, -0.15) is 0 Å². The second-order valence-electron chi connectivity index (χ2n) is 2.88. The third-order valence-corrected chi connectivity index (χ3v) is 2.72. The molecular formula is C9H10Cl2N2O. The Kier molecular flexibility index (Phi) is 3.37. The SMILES string of the molecule is NC(=O)C(Cl)(Cl)C(N)c1ccccc1. The molecular weight excluding hydrogens is 223 g/mol. The van der Waals surface area contributed by atoms with Gasteiger partial charge in [0.15, 0.2) is 0 Å². The van der Waals surface area contributed by atoms with Gasteiger partial charge in [0.25, 0.3) is 5.91 Å². The first-order chi connectivity index (χ1) is 6.46. The van der Waals surface area contributed by atoms with Crippen LogP contribution >= 0.6 is 23.2 Å². The Morgan fingerprint density at radius 1 is 1.29 bits per heavy atom. The van der Waals surface area contributed by atoms with Crippen molar-refractivity contribution < 1.29 is 4.79 Å². The molecule has 0 aliphatic rings. The zero-order valence-electron chi connectivity index (χ0n) is 7.28. The van der Waals surface area contributed by atoms with Crippen LogP contribution in [0, 0.1) is 0 Å². The summed E-state index contributed by atoms with van der Waals surface area (Å²) in [4.78, 5) is 10.9. The minimum Gasteiger partial charge on any atom is -0.367 e. The molecule has 0 aliphatic heterocycles. The van der Waals surface area contributed by atoms with Crippen molar-refractivity contribution in [1.82, 2.24) is 0 Å². The molecule has 3 nitrogen and oxygen atoms in total. The summed E-state index contributed by atoms with van der Waals surface area (Å²) in [7, 11) is 0. The van der Waals surface area contributed by atoms with Gasteiger partial charge < -0.3 is 11.5 Å². The maximum absolute atomic E-state index is 10.9. The number of halogens is 2. The minimum absolute atomic E-state index is 0.663. The summed E-state index contributed by atoms with van der Waals surface area (Å²) < 4.78 is -1.78. The first kappa shape index (κ1) is 11.3. The molecule has 76 valence electrons. The highest BCUT2D eigenvalue weighted by Crippen LogP contribution is 2.33. The average molecular weight is 233 g/mol. The number of hydrogen-bond donors (Lipinski definition) is 2. The van der Waals surface area contributed by atoms with Gasteiger partial charge in [-0.1, -0.05) is 53.5 Å². The number of benzene rings is 1. The van der Waals surface area contributed by atoms with Crippen molar-refractivity contribution in [3.8, 4) is 0 Å². The molecule has 0 radical (unpaired) electrons. The molecule has 0 bridgehead atoms. The van der Waals surface area contributed by atoms with Crippen LogP contribution in [0.2, 0.25) is 0 Å². The molecule has 1 aromatic carbocycles. The van der Waals surface area contributed by atoms with Crippen LogP contribution < -0.4 is 11.5 Å². The lowest BCUT2D eigenvalue weighted by molar-refractivity contribution is -0.119. The van der Waals surface area contributed by atoms with Crippen LogP contribution in [0.4, 0.5) is 0 Å². The summed E-state index contributed by atoms with van der Waals surface area (Å²) in [6.07, 6.45) is 0. The maximum Gasteiger partial charge on any atom is 0.255 e. The summed E-state index contributed by atoms with van der Waals surface area (Å²) >= 11 is 11.4. The second-order valence-corrected chi connectivity index (χ2v) is 4.26. The van der Waals surface area contributed by atoms with Gasteiger partial charge in [0.1, 0.15) is 0 Å². The molecule has 0 fully saturated rings. The molecule has 0 aromatic heterocycles. The van der Waals surface area contributed by atoms with E-state index < -0.39 is 16.3 Å². The molecule has 1 amide bonds. The third kappa shape index (κ3) is 2.18. The van der Waals surface area contributed by atoms with E-state index in [1.807, 2.05) is 6.07 Å². The fourth-order valence-corrected chi connectivity index (χ4v) is 1.27. The lowest BCUT2D eigenvalue weighted by atomic mass is 10.0. The van der Waals surface area contributed by atoms with E-state index in [9.17, 15) is 4.79 Å². The van der Waals surface area contributed by atoms with Gasteiger partial charge in [-0.05, 0) is 5.56 Å². The lowest BCUT2D eigenvalue weighted by Gasteiger charge is -2.23. The largest absolute Gasteiger partial charge is 0.367 e. The van der Waals surface area contributed by atoms with Crippen LogP contribution in [-0.2, 0) is 4.79 Å². The molecule has 5 heteroatoms. The van der Waals surface area contributed by atoms with E-state index in [0.29, 0.717) is 5.56 Å². The number of nitrogens with two attached hydrogens (primary N) is 2. The first-order valence-corrected chi connectivity index (χ1v) is 4.70. The molecule has 14 heavy (non-hydrogen) atoms. The molecule has 4 N–H and O–H groups in total. The number of primary amides is 1. The molecule has 0 saturated heterocycles. The molecule has 0 aliphatic carbocycles. The zero-order chi connectivity index (χ0) is 10.8. The van der Waals surface area contributed by atoms with Gasteiger partial charge >= 0.3 is 0 Å². The van der Waals surface area contributed by atoms with Crippen molar-refractivity contribution in [2.24, 2.45) is 11.5 Å². The fraction of sp³-hybridized carbons (Fsp3) is 0.222. The zero-order valence-corrected chi connectivity index (χ0v) is 8.79. The van der Waals surface area contributed by atoms with Gasteiger partial charge in [-0.25, -0.2) is 0 Å². The van der Waals surface area contributed by atoms with Gasteiger partial charge in [0.2, 0.25) is 4.33 Å². The fourth-order valence-electron chi connectivity index (χ4n) is 1.02. The van der Waals surface area contributed by atoms with E-state index in [2.05, 4.69) is 0 Å². The van der Waals surface area contributed by atoms with Gasteiger partial charge in [0.05, 0.1) is 6.04 Å². The highest BCUT2D eigenvalue weighted by molar-refractivity contribution is 6.58. The van der Waals surface area contributed by atoms with Gasteiger partial charge in [0, 0.05) is 0 Å². The number of alkyl halides is 2. The number of amides is 1. The molecule has 0 heterocycles. The van der Waals surface area contributed by atoms with Crippen LogP contribution in [0.5, 0.6) is 0 Å². The van der Waals surface area contributed by atoms with E-state index in [1.54, 1.807) is 24.3 Å². The Labute approximate surface area is 92.0 Å². The van der Waals surface area contributed by atoms with Crippen molar-refractivity contribution in [2.75, 3.05) is 0 Å². The lowest BCUT2D eigenvalue weighted by Crippen LogP contribution is -2.42. The van der Waals surface area contributed by atoms with Crippen molar-refractivity contribution in [3.05, 3.63) is 35.9 Å². The molecule has 0 spiro atoms. The standard InChI is InChI=1S/C9H10Cl2N2O/c10-9(11,8(13)14)7(12)6-4-2-1-3-5-6/h1-5,7H,12H2,(H2,13,14). The second kappa shape index (κ2) is 4.17. The summed E-state index contributed by atoms with van der Waals surface area (Å²) in [6.45, 7) is 0. The van der Waals surface area contributed by atoms with Crippen LogP contribution in [0.25, 0.3) is 0 Å². The predicted molar refractivity (Wildman–Crippen MR) is 57.0 cm³/mol.